The Morgan fingerprint density at radius 3 is 3.10 bits per heavy atom. The van der Waals surface area contributed by atoms with Crippen LogP contribution in [0.2, 0.25) is 5.28 Å². The SMILES string of the molecule is Clc1nc(NCCC2CCCO2)nc(-n2ccnc2)n1. The summed E-state index contributed by atoms with van der Waals surface area (Å²) in [4.78, 5) is 16.4. The van der Waals surface area contributed by atoms with E-state index in [1.54, 1.807) is 23.3 Å². The van der Waals surface area contributed by atoms with Crippen molar-refractivity contribution in [1.82, 2.24) is 24.5 Å². The number of rotatable bonds is 5. The minimum Gasteiger partial charge on any atom is -0.378 e. The Balaban J connectivity index is 1.63. The molecule has 1 aliphatic rings. The Labute approximate surface area is 121 Å². The van der Waals surface area contributed by atoms with E-state index < -0.39 is 0 Å². The summed E-state index contributed by atoms with van der Waals surface area (Å²) >= 11 is 5.91. The van der Waals surface area contributed by atoms with E-state index in [2.05, 4.69) is 25.3 Å². The topological polar surface area (TPSA) is 77.8 Å². The predicted molar refractivity (Wildman–Crippen MR) is 74.0 cm³/mol. The summed E-state index contributed by atoms with van der Waals surface area (Å²) in [7, 11) is 0. The average molecular weight is 295 g/mol. The van der Waals surface area contributed by atoms with E-state index >= 15 is 0 Å². The van der Waals surface area contributed by atoms with E-state index in [4.69, 9.17) is 16.3 Å². The number of nitrogens with one attached hydrogen (secondary N) is 1. The van der Waals surface area contributed by atoms with Gasteiger partial charge in [-0.1, -0.05) is 0 Å². The van der Waals surface area contributed by atoms with Crippen molar-refractivity contribution in [2.45, 2.75) is 25.4 Å². The quantitative estimate of drug-likeness (QED) is 0.904. The van der Waals surface area contributed by atoms with Gasteiger partial charge in [-0.25, -0.2) is 4.98 Å². The van der Waals surface area contributed by atoms with Crippen molar-refractivity contribution >= 4 is 17.5 Å². The van der Waals surface area contributed by atoms with Crippen LogP contribution in [0, 0.1) is 0 Å². The maximum atomic E-state index is 5.91. The number of nitrogens with zero attached hydrogens (tertiary/aromatic N) is 5. The summed E-state index contributed by atoms with van der Waals surface area (Å²) in [5.74, 6) is 0.911. The van der Waals surface area contributed by atoms with E-state index in [1.807, 2.05) is 0 Å². The molecule has 1 saturated heterocycles. The molecular formula is C12H15ClN6O. The Morgan fingerprint density at radius 2 is 2.35 bits per heavy atom. The maximum Gasteiger partial charge on any atom is 0.241 e. The second-order valence-electron chi connectivity index (χ2n) is 4.55. The van der Waals surface area contributed by atoms with Gasteiger partial charge in [-0.2, -0.15) is 15.0 Å². The van der Waals surface area contributed by atoms with Crippen molar-refractivity contribution in [2.24, 2.45) is 0 Å². The smallest absolute Gasteiger partial charge is 0.241 e. The molecule has 2 aromatic rings. The lowest BCUT2D eigenvalue weighted by molar-refractivity contribution is 0.107. The molecule has 1 atom stereocenters. The van der Waals surface area contributed by atoms with Crippen molar-refractivity contribution in [2.75, 3.05) is 18.5 Å². The standard InChI is InChI=1S/C12H15ClN6O/c13-10-16-11(15-4-3-9-2-1-7-20-9)18-12(17-10)19-6-5-14-8-19/h5-6,8-9H,1-4,7H2,(H,15,16,17,18). The highest BCUT2D eigenvalue weighted by Gasteiger charge is 2.15. The summed E-state index contributed by atoms with van der Waals surface area (Å²) < 4.78 is 7.25. The van der Waals surface area contributed by atoms with Crippen molar-refractivity contribution < 1.29 is 4.74 Å². The zero-order valence-electron chi connectivity index (χ0n) is 10.9. The zero-order valence-corrected chi connectivity index (χ0v) is 11.6. The third-order valence-electron chi connectivity index (χ3n) is 3.11. The van der Waals surface area contributed by atoms with Gasteiger partial charge in [-0.15, -0.1) is 0 Å². The van der Waals surface area contributed by atoms with E-state index in [-0.39, 0.29) is 5.28 Å². The van der Waals surface area contributed by atoms with Crippen molar-refractivity contribution in [3.05, 3.63) is 24.0 Å². The third-order valence-corrected chi connectivity index (χ3v) is 3.27. The Hall–Kier alpha value is -1.73. The van der Waals surface area contributed by atoms with Gasteiger partial charge in [-0.05, 0) is 30.9 Å². The molecule has 7 nitrogen and oxygen atoms in total. The lowest BCUT2D eigenvalue weighted by atomic mass is 10.2. The highest BCUT2D eigenvalue weighted by atomic mass is 35.5. The second-order valence-corrected chi connectivity index (χ2v) is 4.89. The highest BCUT2D eigenvalue weighted by Crippen LogP contribution is 2.15. The molecule has 1 N–H and O–H groups in total. The van der Waals surface area contributed by atoms with Crippen LogP contribution in [0.1, 0.15) is 19.3 Å². The summed E-state index contributed by atoms with van der Waals surface area (Å²) in [6.07, 6.45) is 8.57. The summed E-state index contributed by atoms with van der Waals surface area (Å²) in [5, 5.41) is 3.31. The normalized spacial score (nSPS) is 18.4. The van der Waals surface area contributed by atoms with Crippen LogP contribution in [0.25, 0.3) is 5.95 Å². The fourth-order valence-corrected chi connectivity index (χ4v) is 2.28. The van der Waals surface area contributed by atoms with Gasteiger partial charge >= 0.3 is 0 Å². The first kappa shape index (κ1) is 13.3. The van der Waals surface area contributed by atoms with E-state index in [0.717, 1.165) is 32.4 Å². The molecule has 0 spiro atoms. The molecule has 3 rings (SSSR count). The molecule has 2 aromatic heterocycles. The van der Waals surface area contributed by atoms with Gasteiger partial charge in [0.25, 0.3) is 0 Å². The van der Waals surface area contributed by atoms with Gasteiger partial charge < -0.3 is 10.1 Å². The number of ether oxygens (including phenoxy) is 1. The lowest BCUT2D eigenvalue weighted by Crippen LogP contribution is -2.15. The molecule has 1 aliphatic heterocycles. The monoisotopic (exact) mass is 294 g/mol. The molecule has 0 bridgehead atoms. The zero-order chi connectivity index (χ0) is 13.8. The van der Waals surface area contributed by atoms with Gasteiger partial charge in [0.15, 0.2) is 0 Å². The van der Waals surface area contributed by atoms with Crippen LogP contribution in [0.4, 0.5) is 5.95 Å². The molecule has 0 aliphatic carbocycles. The second kappa shape index (κ2) is 6.15. The Morgan fingerprint density at radius 1 is 1.40 bits per heavy atom. The minimum absolute atomic E-state index is 0.156. The lowest BCUT2D eigenvalue weighted by Gasteiger charge is -2.10. The summed E-state index contributed by atoms with van der Waals surface area (Å²) in [5.41, 5.74) is 0. The van der Waals surface area contributed by atoms with Crippen LogP contribution in [-0.4, -0.2) is 43.8 Å². The Bertz CT molecular complexity index is 555. The molecule has 0 amide bonds. The third kappa shape index (κ3) is 3.23. The predicted octanol–water partition coefficient (Wildman–Crippen LogP) is 1.69. The number of imidazole rings is 1. The molecule has 106 valence electrons. The van der Waals surface area contributed by atoms with Gasteiger partial charge in [0.1, 0.15) is 6.33 Å². The van der Waals surface area contributed by atoms with Crippen molar-refractivity contribution in [3.63, 3.8) is 0 Å². The highest BCUT2D eigenvalue weighted by molar-refractivity contribution is 6.28. The van der Waals surface area contributed by atoms with E-state index in [1.165, 1.54) is 0 Å². The summed E-state index contributed by atoms with van der Waals surface area (Å²) in [6, 6.07) is 0. The molecule has 1 unspecified atom stereocenters. The van der Waals surface area contributed by atoms with E-state index in [0.29, 0.717) is 18.0 Å². The first-order valence-electron chi connectivity index (χ1n) is 6.56. The molecule has 20 heavy (non-hydrogen) atoms. The summed E-state index contributed by atoms with van der Waals surface area (Å²) in [6.45, 7) is 1.61. The van der Waals surface area contributed by atoms with Crippen LogP contribution in [-0.2, 0) is 4.74 Å². The number of anilines is 1. The molecule has 0 saturated carbocycles. The van der Waals surface area contributed by atoms with Gasteiger partial charge in [0.05, 0.1) is 6.10 Å². The number of aromatic nitrogens is 5. The molecule has 8 heteroatoms. The van der Waals surface area contributed by atoms with E-state index in [9.17, 15) is 0 Å². The maximum absolute atomic E-state index is 5.91. The van der Waals surface area contributed by atoms with Crippen molar-refractivity contribution in [1.29, 1.82) is 0 Å². The largest absolute Gasteiger partial charge is 0.378 e. The van der Waals surface area contributed by atoms with Crippen LogP contribution in [0.15, 0.2) is 18.7 Å². The van der Waals surface area contributed by atoms with Crippen LogP contribution < -0.4 is 5.32 Å². The molecule has 3 heterocycles. The molecule has 1 fully saturated rings. The Kier molecular flexibility index (Phi) is 4.08. The first-order valence-corrected chi connectivity index (χ1v) is 6.94. The van der Waals surface area contributed by atoms with Crippen LogP contribution in [0.3, 0.4) is 0 Å². The molecular weight excluding hydrogens is 280 g/mol. The average Bonchev–Trinajstić information content (AvgIpc) is 3.11. The molecule has 0 aromatic carbocycles. The van der Waals surface area contributed by atoms with Crippen LogP contribution in [0.5, 0.6) is 0 Å². The van der Waals surface area contributed by atoms with Crippen molar-refractivity contribution in [3.8, 4) is 5.95 Å². The van der Waals surface area contributed by atoms with Crippen LogP contribution >= 0.6 is 11.6 Å². The number of hydrogen-bond acceptors (Lipinski definition) is 6. The van der Waals surface area contributed by atoms with Gasteiger partial charge in [-0.3, -0.25) is 4.57 Å². The molecule has 0 radical (unpaired) electrons. The van der Waals surface area contributed by atoms with Gasteiger partial charge in [0, 0.05) is 25.5 Å². The fraction of sp³-hybridized carbons (Fsp3) is 0.500. The fourth-order valence-electron chi connectivity index (χ4n) is 2.13. The number of halogens is 1. The minimum atomic E-state index is 0.156. The van der Waals surface area contributed by atoms with Gasteiger partial charge in [0.2, 0.25) is 17.2 Å². The first-order chi connectivity index (χ1) is 9.81. The number of hydrogen-bond donors (Lipinski definition) is 1.